The maximum atomic E-state index is 14.3. The van der Waals surface area contributed by atoms with E-state index >= 15 is 0 Å². The number of aliphatic carboxylic acids is 1. The van der Waals surface area contributed by atoms with Crippen molar-refractivity contribution in [2.45, 2.75) is 71.4 Å². The fourth-order valence-electron chi connectivity index (χ4n) is 8.38. The highest BCUT2D eigenvalue weighted by Gasteiger charge is 2.34. The first kappa shape index (κ1) is 60.3. The quantitative estimate of drug-likeness (QED) is 0.0518. The number of aromatic nitrogens is 7. The van der Waals surface area contributed by atoms with Gasteiger partial charge in [0.1, 0.15) is 64.7 Å². The van der Waals surface area contributed by atoms with Crippen LogP contribution in [0.5, 0.6) is 0 Å². The standard InChI is InChI=1S/C53H52N14O11S6/c1-23(2)38-52-67-41(33(84-52)19-77-6)45(74)56-18-36(70)64-42(43(78-25(4)68)26-10-8-7-9-11-26)51-61-31(21-80-51)48-57-17-32(83-48)40-27(12-13-28(58-40)49-62-34(22-81-49)63-53(76)55-15-14-37(71)72)47-60-30(20-79-47)44(73)59-29(16-35(69)54-5)50-66-39(24(3)82-50)46(75)65-38/h7-13,17,20-23,29,38,42-43H,14-16,18-19H2,1-6H3,(H,54,69)(H,56,74)(H,59,73)(H,64,70)(H,65,75)(H,71,72)(H2,55,63,76)/t29-,38-,42-,43-/m0/s1. The summed E-state index contributed by atoms with van der Waals surface area (Å²) in [6.45, 7) is 6.02. The number of nitrogens with zero attached hydrogens (tertiary/aromatic N) is 7. The molecule has 8 heterocycles. The Morgan fingerprint density at radius 2 is 1.51 bits per heavy atom. The highest BCUT2D eigenvalue weighted by Crippen LogP contribution is 2.42. The fourth-order valence-corrected chi connectivity index (χ4v) is 14.0. The second kappa shape index (κ2) is 26.9. The number of carboxylic acids is 1. The summed E-state index contributed by atoms with van der Waals surface area (Å²) < 4.78 is 11.4. The van der Waals surface area contributed by atoms with Gasteiger partial charge < -0.3 is 46.5 Å². The first-order chi connectivity index (χ1) is 40.3. The number of pyridine rings is 1. The second-order valence-corrected chi connectivity index (χ2v) is 24.8. The van der Waals surface area contributed by atoms with Crippen LogP contribution in [0.15, 0.2) is 64.8 Å². The topological polar surface area (TPSA) is 350 Å². The van der Waals surface area contributed by atoms with E-state index in [1.165, 1.54) is 55.1 Å². The lowest BCUT2D eigenvalue weighted by atomic mass is 10.0. The van der Waals surface area contributed by atoms with Gasteiger partial charge in [0.25, 0.3) is 17.7 Å². The van der Waals surface area contributed by atoms with Crippen molar-refractivity contribution in [1.82, 2.24) is 66.8 Å². The van der Waals surface area contributed by atoms with Gasteiger partial charge in [-0.1, -0.05) is 44.2 Å². The minimum Gasteiger partial charge on any atom is -0.481 e. The van der Waals surface area contributed by atoms with Crippen molar-refractivity contribution < 1.29 is 52.9 Å². The largest absolute Gasteiger partial charge is 0.481 e. The maximum Gasteiger partial charge on any atom is 0.320 e. The molecule has 1 aliphatic rings. The summed E-state index contributed by atoms with van der Waals surface area (Å²) >= 11 is 7.02. The van der Waals surface area contributed by atoms with Crippen molar-refractivity contribution >= 4 is 121 Å². The van der Waals surface area contributed by atoms with E-state index in [1.54, 1.807) is 71.7 Å². The van der Waals surface area contributed by atoms with Gasteiger partial charge in [-0.25, -0.2) is 39.7 Å². The van der Waals surface area contributed by atoms with Gasteiger partial charge in [-0.3, -0.25) is 38.9 Å². The molecular formula is C53H52N14O11S6. The minimum atomic E-state index is -1.09. The van der Waals surface area contributed by atoms with Gasteiger partial charge in [0.15, 0.2) is 6.10 Å². The molecule has 4 atom stereocenters. The molecule has 1 aromatic carbocycles. The van der Waals surface area contributed by atoms with Gasteiger partial charge >= 0.3 is 18.0 Å². The highest BCUT2D eigenvalue weighted by atomic mass is 32.1. The van der Waals surface area contributed by atoms with E-state index in [0.717, 1.165) is 34.0 Å². The predicted octanol–water partition coefficient (Wildman–Crippen LogP) is 7.48. The molecule has 8 N–H and O–H groups in total. The van der Waals surface area contributed by atoms with Crippen molar-refractivity contribution in [3.63, 3.8) is 0 Å². The Morgan fingerprint density at radius 3 is 2.25 bits per heavy atom. The summed E-state index contributed by atoms with van der Waals surface area (Å²) in [6.07, 6.45) is 0.000416. The Balaban J connectivity index is 1.14. The number of hydrogen-bond acceptors (Lipinski definition) is 23. The molecule has 7 aromatic heterocycles. The van der Waals surface area contributed by atoms with Gasteiger partial charge in [0, 0.05) is 60.4 Å². The van der Waals surface area contributed by atoms with E-state index in [0.29, 0.717) is 67.9 Å². The zero-order chi connectivity index (χ0) is 59.8. The van der Waals surface area contributed by atoms with Crippen molar-refractivity contribution in [1.29, 1.82) is 0 Å². The molecule has 10 bridgehead atoms. The number of rotatable bonds is 13. The van der Waals surface area contributed by atoms with Crippen molar-refractivity contribution in [2.75, 3.05) is 32.6 Å². The van der Waals surface area contributed by atoms with E-state index in [1.807, 2.05) is 13.8 Å². The molecule has 31 heteroatoms. The second-order valence-electron chi connectivity index (χ2n) is 18.8. The highest BCUT2D eigenvalue weighted by molar-refractivity contribution is 7.19. The van der Waals surface area contributed by atoms with Crippen LogP contribution < -0.4 is 37.2 Å². The third-order valence-electron chi connectivity index (χ3n) is 12.4. The average Bonchev–Trinajstić information content (AvgIpc) is 3.67. The number of anilines is 1. The number of fused-ring (bicyclic) bond motifs is 14. The molecule has 0 saturated heterocycles. The predicted molar refractivity (Wildman–Crippen MR) is 316 cm³/mol. The fraction of sp³-hybridized carbons (Fsp3) is 0.302. The Hall–Kier alpha value is -8.33. The molecule has 0 spiro atoms. The number of urea groups is 1. The minimum absolute atomic E-state index is 0.00715. The lowest BCUT2D eigenvalue weighted by Gasteiger charge is -2.26. The number of thiazole rings is 6. The van der Waals surface area contributed by atoms with E-state index < -0.39 is 78.3 Å². The lowest BCUT2D eigenvalue weighted by Crippen LogP contribution is -2.41. The maximum absolute atomic E-state index is 14.3. The van der Waals surface area contributed by atoms with Crippen LogP contribution in [0.25, 0.3) is 42.5 Å². The first-order valence-electron chi connectivity index (χ1n) is 25.6. The number of methoxy groups -OCH3 is 1. The molecule has 0 saturated carbocycles. The summed E-state index contributed by atoms with van der Waals surface area (Å²) in [5.41, 5.74) is 2.23. The van der Waals surface area contributed by atoms with E-state index in [4.69, 9.17) is 39.5 Å². The zero-order valence-electron chi connectivity index (χ0n) is 45.4. The summed E-state index contributed by atoms with van der Waals surface area (Å²) in [5, 5.41) is 35.3. The van der Waals surface area contributed by atoms with Gasteiger partial charge in [-0.2, -0.15) is 0 Å². The summed E-state index contributed by atoms with van der Waals surface area (Å²) in [6, 6.07) is 8.78. The van der Waals surface area contributed by atoms with Crippen molar-refractivity contribution in [2.24, 2.45) is 5.92 Å². The molecule has 1 aliphatic heterocycles. The molecule has 0 fully saturated rings. The Kier molecular flexibility index (Phi) is 19.3. The number of carbonyl (C=O) groups excluding carboxylic acids is 7. The van der Waals surface area contributed by atoms with Crippen LogP contribution in [-0.4, -0.2) is 115 Å². The number of esters is 1. The molecule has 0 unspecified atom stereocenters. The third kappa shape index (κ3) is 14.3. The summed E-state index contributed by atoms with van der Waals surface area (Å²) in [4.78, 5) is 141. The Morgan fingerprint density at radius 1 is 0.750 bits per heavy atom. The lowest BCUT2D eigenvalue weighted by molar-refractivity contribution is -0.149. The first-order valence-corrected chi connectivity index (χ1v) is 30.6. The molecule has 0 aliphatic carbocycles. The zero-order valence-corrected chi connectivity index (χ0v) is 50.3. The van der Waals surface area contributed by atoms with Crippen LogP contribution in [0.2, 0.25) is 0 Å². The number of benzene rings is 1. The number of hydrogen-bond donors (Lipinski definition) is 8. The number of aryl methyl sites for hydroxylation is 1. The van der Waals surface area contributed by atoms with Crippen molar-refractivity contribution in [3.05, 3.63) is 112 Å². The summed E-state index contributed by atoms with van der Waals surface area (Å²) in [5.74, 6) is -4.76. The SMILES string of the molecule is CNC(=O)C[C@@H]1NC(=O)c2csc(n2)-c2ccc(-c3nc(NC(=O)NCCC(=O)O)cs3)nc2-c2cnc(s2)-c2csc(n2)[C@H]([C@@H](OC(C)=O)c2ccccc2)NC(=O)CNC(=O)c2nc(sc2COC)[C@H](C(C)C)NC(=O)c2nc1sc2C. The van der Waals surface area contributed by atoms with E-state index in [2.05, 4.69) is 47.2 Å². The van der Waals surface area contributed by atoms with Gasteiger partial charge in [-0.05, 0) is 30.5 Å². The Bertz CT molecular complexity index is 3780. The molecule has 9 rings (SSSR count). The molecule has 0 radical (unpaired) electrons. The number of carboxylic acid groups (broad SMARTS) is 1. The molecule has 25 nitrogen and oxygen atoms in total. The monoisotopic (exact) mass is 1250 g/mol. The smallest absolute Gasteiger partial charge is 0.320 e. The molecule has 7 amide bonds. The van der Waals surface area contributed by atoms with E-state index in [9.17, 15) is 38.4 Å². The van der Waals surface area contributed by atoms with Crippen LogP contribution in [0, 0.1) is 12.8 Å². The number of carbonyl (C=O) groups is 8. The van der Waals surface area contributed by atoms with E-state index in [-0.39, 0.29) is 59.8 Å². The van der Waals surface area contributed by atoms with Crippen LogP contribution in [0.3, 0.4) is 0 Å². The number of ether oxygens (including phenoxy) is 2. The van der Waals surface area contributed by atoms with Crippen LogP contribution in [-0.2, 0) is 35.3 Å². The molecule has 84 heavy (non-hydrogen) atoms. The molecule has 436 valence electrons. The van der Waals surface area contributed by atoms with Crippen LogP contribution >= 0.6 is 68.0 Å². The van der Waals surface area contributed by atoms with Gasteiger partial charge in [0.2, 0.25) is 11.8 Å². The van der Waals surface area contributed by atoms with Crippen LogP contribution in [0.1, 0.15) is 120 Å². The van der Waals surface area contributed by atoms with Crippen LogP contribution in [0.4, 0.5) is 10.6 Å². The number of amides is 7. The van der Waals surface area contributed by atoms with Crippen molar-refractivity contribution in [3.8, 4) is 42.5 Å². The molecule has 8 aromatic rings. The van der Waals surface area contributed by atoms with Gasteiger partial charge in [-0.15, -0.1) is 68.0 Å². The Labute approximate surface area is 502 Å². The van der Waals surface area contributed by atoms with Gasteiger partial charge in [0.05, 0.1) is 59.2 Å². The molecular weight excluding hydrogens is 1200 g/mol. The third-order valence-corrected chi connectivity index (χ3v) is 18.3. The average molecular weight is 1250 g/mol. The normalized spacial score (nSPS) is 16.1. The summed E-state index contributed by atoms with van der Waals surface area (Å²) in [7, 11) is 2.92. The number of nitrogens with one attached hydrogen (secondary N) is 7.